The van der Waals surface area contributed by atoms with Gasteiger partial charge in [-0.05, 0) is 68.7 Å². The third kappa shape index (κ3) is 8.25. The number of sulfonamides is 1. The Hall–Kier alpha value is -4.05. The highest BCUT2D eigenvalue weighted by atomic mass is 32.2. The number of hydrogen-bond acceptors (Lipinski definition) is 6. The number of hydrogen-bond donors (Lipinski definition) is 1. The van der Waals surface area contributed by atoms with E-state index in [1.807, 2.05) is 26.8 Å². The minimum absolute atomic E-state index is 0.0364. The molecular weight excluding hydrogens is 554 g/mol. The number of nitrogens with one attached hydrogen (secondary N) is 1. The first-order chi connectivity index (χ1) is 20.0. The SMILES string of the molecule is CCOc1ccccc1N(CC(=O)N(Cc1cccc(OC)c1)[C@H](C)C(=O)NCC(C)C)S(=O)(=O)c1ccc(C)cc1. The fourth-order valence-electron chi connectivity index (χ4n) is 4.29. The van der Waals surface area contributed by atoms with Crippen LogP contribution in [-0.4, -0.2) is 58.0 Å². The molecule has 3 rings (SSSR count). The molecule has 3 aromatic rings. The van der Waals surface area contributed by atoms with Gasteiger partial charge in [0.15, 0.2) is 0 Å². The molecule has 0 heterocycles. The number of carbonyl (C=O) groups excluding carboxylic acids is 2. The predicted molar refractivity (Wildman–Crippen MR) is 164 cm³/mol. The van der Waals surface area contributed by atoms with Crippen LogP contribution in [0.15, 0.2) is 77.7 Å². The number of methoxy groups -OCH3 is 1. The first-order valence-electron chi connectivity index (χ1n) is 14.0. The van der Waals surface area contributed by atoms with E-state index >= 15 is 0 Å². The van der Waals surface area contributed by atoms with Crippen molar-refractivity contribution in [3.05, 3.63) is 83.9 Å². The number of para-hydroxylation sites is 2. The molecule has 0 saturated heterocycles. The zero-order valence-electron chi connectivity index (χ0n) is 25.2. The van der Waals surface area contributed by atoms with Gasteiger partial charge in [0.1, 0.15) is 24.1 Å². The molecule has 1 atom stereocenters. The molecular formula is C32H41N3O6S. The molecule has 0 saturated carbocycles. The Bertz CT molecular complexity index is 1460. The van der Waals surface area contributed by atoms with Crippen molar-refractivity contribution in [3.8, 4) is 11.5 Å². The molecule has 3 aromatic carbocycles. The molecule has 0 fully saturated rings. The van der Waals surface area contributed by atoms with Crippen LogP contribution in [0.5, 0.6) is 11.5 Å². The van der Waals surface area contributed by atoms with E-state index in [1.54, 1.807) is 75.6 Å². The molecule has 0 unspecified atom stereocenters. The van der Waals surface area contributed by atoms with E-state index in [2.05, 4.69) is 5.32 Å². The molecule has 0 aromatic heterocycles. The van der Waals surface area contributed by atoms with Crippen LogP contribution in [0.25, 0.3) is 0 Å². The Morgan fingerprint density at radius 1 is 0.952 bits per heavy atom. The van der Waals surface area contributed by atoms with Gasteiger partial charge in [-0.2, -0.15) is 0 Å². The van der Waals surface area contributed by atoms with Gasteiger partial charge >= 0.3 is 0 Å². The summed E-state index contributed by atoms with van der Waals surface area (Å²) < 4.78 is 40.3. The summed E-state index contributed by atoms with van der Waals surface area (Å²) in [6.45, 7) is 9.53. The van der Waals surface area contributed by atoms with Gasteiger partial charge in [-0.15, -0.1) is 0 Å². The normalized spacial score (nSPS) is 12.0. The fourth-order valence-corrected chi connectivity index (χ4v) is 5.72. The van der Waals surface area contributed by atoms with Crippen molar-refractivity contribution in [2.45, 2.75) is 52.1 Å². The Labute approximate surface area is 249 Å². The third-order valence-electron chi connectivity index (χ3n) is 6.66. The number of benzene rings is 3. The maximum Gasteiger partial charge on any atom is 0.264 e. The Morgan fingerprint density at radius 2 is 1.64 bits per heavy atom. The first kappa shape index (κ1) is 32.5. The molecule has 0 spiro atoms. The van der Waals surface area contributed by atoms with Crippen LogP contribution < -0.4 is 19.1 Å². The lowest BCUT2D eigenvalue weighted by Crippen LogP contribution is -2.51. The number of ether oxygens (including phenoxy) is 2. The molecule has 2 amide bonds. The first-order valence-corrected chi connectivity index (χ1v) is 15.4. The summed E-state index contributed by atoms with van der Waals surface area (Å²) in [4.78, 5) is 28.7. The van der Waals surface area contributed by atoms with Gasteiger partial charge in [-0.25, -0.2) is 8.42 Å². The number of rotatable bonds is 14. The maximum absolute atomic E-state index is 14.1. The Kier molecular flexibility index (Phi) is 11.4. The van der Waals surface area contributed by atoms with E-state index in [0.717, 1.165) is 15.4 Å². The van der Waals surface area contributed by atoms with E-state index in [9.17, 15) is 18.0 Å². The summed E-state index contributed by atoms with van der Waals surface area (Å²) in [5.74, 6) is 0.264. The zero-order valence-corrected chi connectivity index (χ0v) is 26.0. The summed E-state index contributed by atoms with van der Waals surface area (Å²) >= 11 is 0. The van der Waals surface area contributed by atoms with Gasteiger partial charge in [0, 0.05) is 13.1 Å². The van der Waals surface area contributed by atoms with Gasteiger partial charge in [0.25, 0.3) is 10.0 Å². The van der Waals surface area contributed by atoms with E-state index in [1.165, 1.54) is 17.0 Å². The molecule has 10 heteroatoms. The van der Waals surface area contributed by atoms with Crippen molar-refractivity contribution in [2.75, 3.05) is 31.1 Å². The van der Waals surface area contributed by atoms with Crippen molar-refractivity contribution >= 4 is 27.5 Å². The van der Waals surface area contributed by atoms with Crippen LogP contribution >= 0.6 is 0 Å². The highest BCUT2D eigenvalue weighted by Gasteiger charge is 2.33. The van der Waals surface area contributed by atoms with Gasteiger partial charge < -0.3 is 19.7 Å². The van der Waals surface area contributed by atoms with E-state index in [0.29, 0.717) is 24.7 Å². The zero-order chi connectivity index (χ0) is 30.9. The second kappa shape index (κ2) is 14.7. The second-order valence-electron chi connectivity index (χ2n) is 10.4. The van der Waals surface area contributed by atoms with Crippen LogP contribution in [0.4, 0.5) is 5.69 Å². The van der Waals surface area contributed by atoms with Gasteiger partial charge in [-0.1, -0.05) is 55.8 Å². The van der Waals surface area contributed by atoms with Crippen molar-refractivity contribution in [1.29, 1.82) is 0 Å². The van der Waals surface area contributed by atoms with Gasteiger partial charge in [0.2, 0.25) is 11.8 Å². The summed E-state index contributed by atoms with van der Waals surface area (Å²) in [6, 6.07) is 19.5. The highest BCUT2D eigenvalue weighted by Crippen LogP contribution is 2.33. The smallest absolute Gasteiger partial charge is 0.264 e. The van der Waals surface area contributed by atoms with Crippen LogP contribution in [-0.2, 0) is 26.2 Å². The van der Waals surface area contributed by atoms with Crippen LogP contribution in [0, 0.1) is 12.8 Å². The van der Waals surface area contributed by atoms with Gasteiger partial charge in [-0.3, -0.25) is 13.9 Å². The fraction of sp³-hybridized carbons (Fsp3) is 0.375. The van der Waals surface area contributed by atoms with Crippen molar-refractivity contribution in [3.63, 3.8) is 0 Å². The summed E-state index contributed by atoms with van der Waals surface area (Å²) in [7, 11) is -2.66. The summed E-state index contributed by atoms with van der Waals surface area (Å²) in [6.07, 6.45) is 0. The molecule has 0 aliphatic heterocycles. The van der Waals surface area contributed by atoms with Crippen LogP contribution in [0.1, 0.15) is 38.8 Å². The topological polar surface area (TPSA) is 105 Å². The minimum Gasteiger partial charge on any atom is -0.497 e. The molecule has 0 aliphatic rings. The number of aryl methyl sites for hydroxylation is 1. The average molecular weight is 596 g/mol. The largest absolute Gasteiger partial charge is 0.497 e. The van der Waals surface area contributed by atoms with Crippen LogP contribution in [0.2, 0.25) is 0 Å². The molecule has 9 nitrogen and oxygen atoms in total. The molecule has 0 aliphatic carbocycles. The minimum atomic E-state index is -4.21. The van der Waals surface area contributed by atoms with E-state index < -0.39 is 28.5 Å². The monoisotopic (exact) mass is 595 g/mol. The Balaban J connectivity index is 2.07. The lowest BCUT2D eigenvalue weighted by molar-refractivity contribution is -0.139. The second-order valence-corrected chi connectivity index (χ2v) is 12.3. The van der Waals surface area contributed by atoms with E-state index in [-0.39, 0.29) is 29.0 Å². The number of nitrogens with zero attached hydrogens (tertiary/aromatic N) is 2. The average Bonchev–Trinajstić information content (AvgIpc) is 2.97. The van der Waals surface area contributed by atoms with Crippen molar-refractivity contribution in [2.24, 2.45) is 5.92 Å². The predicted octanol–water partition coefficient (Wildman–Crippen LogP) is 4.79. The third-order valence-corrected chi connectivity index (χ3v) is 8.43. The molecule has 0 bridgehead atoms. The maximum atomic E-state index is 14.1. The highest BCUT2D eigenvalue weighted by molar-refractivity contribution is 7.92. The van der Waals surface area contributed by atoms with Crippen LogP contribution in [0.3, 0.4) is 0 Å². The summed E-state index contributed by atoms with van der Waals surface area (Å²) in [5, 5.41) is 2.89. The molecule has 1 N–H and O–H groups in total. The Morgan fingerprint density at radius 3 is 2.29 bits per heavy atom. The van der Waals surface area contributed by atoms with E-state index in [4.69, 9.17) is 9.47 Å². The van der Waals surface area contributed by atoms with Crippen molar-refractivity contribution < 1.29 is 27.5 Å². The lowest BCUT2D eigenvalue weighted by atomic mass is 10.1. The van der Waals surface area contributed by atoms with Crippen molar-refractivity contribution in [1.82, 2.24) is 10.2 Å². The molecule has 42 heavy (non-hydrogen) atoms. The number of amides is 2. The number of anilines is 1. The molecule has 0 radical (unpaired) electrons. The standard InChI is InChI=1S/C32H41N3O6S/c1-7-41-30-14-9-8-13-29(30)35(42(38,39)28-17-15-24(4)16-18-28)22-31(36)34(25(5)32(37)33-20-23(2)3)21-26-11-10-12-27(19-26)40-6/h8-19,23,25H,7,20-22H2,1-6H3,(H,33,37)/t25-/m1/s1. The lowest BCUT2D eigenvalue weighted by Gasteiger charge is -2.32. The van der Waals surface area contributed by atoms with Gasteiger partial charge in [0.05, 0.1) is 24.3 Å². The molecule has 226 valence electrons. The number of carbonyl (C=O) groups is 2. The summed E-state index contributed by atoms with van der Waals surface area (Å²) in [5.41, 5.74) is 1.86. The quantitative estimate of drug-likeness (QED) is 0.288.